The Morgan fingerprint density at radius 2 is 0.696 bits per heavy atom. The van der Waals surface area contributed by atoms with E-state index in [1.165, 1.54) is 82.0 Å². The molecule has 69 heavy (non-hydrogen) atoms. The summed E-state index contributed by atoms with van der Waals surface area (Å²) >= 11 is 0. The standard InChI is InChI=1S/C66H51N3/c1-5-15-45(16-6-1)50-31-27-47-28-32-52(41-53(47)40-50)64-68-62(48-17-7-2-8-18-48)67-63(69-64)49-29-25-46(26-30-49)51-33-34-60-61(42-51)65(54-19-9-3-10-20-54,55-21-11-4-12-22-55)58-23-13-14-24-59(58)66(60)56-36-43-35-44(38-56)39-57(66)37-43/h1-34,40-44,56-57H,35-39H2. The van der Waals surface area contributed by atoms with Crippen molar-refractivity contribution < 1.29 is 0 Å². The van der Waals surface area contributed by atoms with Gasteiger partial charge >= 0.3 is 0 Å². The van der Waals surface area contributed by atoms with Crippen molar-refractivity contribution in [1.29, 1.82) is 0 Å². The van der Waals surface area contributed by atoms with Gasteiger partial charge in [-0.2, -0.15) is 0 Å². The minimum absolute atomic E-state index is 0.00310. The average molecular weight is 886 g/mol. The molecule has 4 fully saturated rings. The van der Waals surface area contributed by atoms with E-state index in [4.69, 9.17) is 15.0 Å². The predicted octanol–water partition coefficient (Wildman–Crippen LogP) is 15.8. The van der Waals surface area contributed by atoms with Crippen molar-refractivity contribution in [2.24, 2.45) is 23.7 Å². The molecule has 0 amide bonds. The van der Waals surface area contributed by atoms with E-state index >= 15 is 0 Å². The topological polar surface area (TPSA) is 38.7 Å². The lowest BCUT2D eigenvalue weighted by Crippen LogP contribution is -2.59. The first-order chi connectivity index (χ1) is 34.1. The molecule has 0 unspecified atom stereocenters. The molecule has 0 aliphatic heterocycles. The zero-order chi connectivity index (χ0) is 45.5. The van der Waals surface area contributed by atoms with Gasteiger partial charge in [-0.25, -0.2) is 15.0 Å². The highest BCUT2D eigenvalue weighted by Crippen LogP contribution is 2.70. The van der Waals surface area contributed by atoms with Crippen molar-refractivity contribution in [1.82, 2.24) is 15.0 Å². The van der Waals surface area contributed by atoms with E-state index < -0.39 is 5.41 Å². The molecule has 1 aromatic heterocycles. The summed E-state index contributed by atoms with van der Waals surface area (Å²) < 4.78 is 0. The Labute approximate surface area is 404 Å². The fraction of sp³-hybridized carbons (Fsp3) is 0.167. The van der Waals surface area contributed by atoms with Crippen LogP contribution in [0.3, 0.4) is 0 Å². The van der Waals surface area contributed by atoms with E-state index in [1.807, 2.05) is 18.2 Å². The second-order valence-electron chi connectivity index (χ2n) is 20.4. The third kappa shape index (κ3) is 6.29. The van der Waals surface area contributed by atoms with Gasteiger partial charge in [0.25, 0.3) is 0 Å². The van der Waals surface area contributed by atoms with Crippen molar-refractivity contribution in [2.75, 3.05) is 0 Å². The number of rotatable bonds is 7. The summed E-state index contributed by atoms with van der Waals surface area (Å²) in [5, 5.41) is 2.32. The second kappa shape index (κ2) is 15.9. The lowest BCUT2D eigenvalue weighted by Gasteiger charge is -2.65. The van der Waals surface area contributed by atoms with Crippen LogP contribution in [0.15, 0.2) is 224 Å². The molecule has 0 radical (unpaired) electrons. The molecule has 10 aromatic rings. The highest BCUT2D eigenvalue weighted by atomic mass is 15.0. The van der Waals surface area contributed by atoms with Crippen LogP contribution in [0.4, 0.5) is 0 Å². The van der Waals surface area contributed by atoms with Gasteiger partial charge in [0.1, 0.15) is 0 Å². The van der Waals surface area contributed by atoms with Crippen LogP contribution in [0.5, 0.6) is 0 Å². The number of aromatic nitrogens is 3. The fourth-order valence-electron chi connectivity index (χ4n) is 14.2. The van der Waals surface area contributed by atoms with Gasteiger partial charge in [0.2, 0.25) is 0 Å². The lowest BCUT2D eigenvalue weighted by molar-refractivity contribution is -0.0440. The summed E-state index contributed by atoms with van der Waals surface area (Å²) in [7, 11) is 0. The maximum absolute atomic E-state index is 5.22. The second-order valence-corrected chi connectivity index (χ2v) is 20.4. The molecular formula is C66H51N3. The first-order valence-corrected chi connectivity index (χ1v) is 25.0. The Hall–Kier alpha value is -7.75. The van der Waals surface area contributed by atoms with Gasteiger partial charge < -0.3 is 0 Å². The largest absolute Gasteiger partial charge is 0.208 e. The summed E-state index contributed by atoms with van der Waals surface area (Å²) in [6.07, 6.45) is 6.80. The summed E-state index contributed by atoms with van der Waals surface area (Å²) in [5.41, 5.74) is 15.8. The van der Waals surface area contributed by atoms with Crippen LogP contribution in [-0.4, -0.2) is 15.0 Å². The third-order valence-corrected chi connectivity index (χ3v) is 16.8. The van der Waals surface area contributed by atoms with Crippen LogP contribution in [0.25, 0.3) is 67.2 Å². The van der Waals surface area contributed by atoms with E-state index in [-0.39, 0.29) is 5.41 Å². The third-order valence-electron chi connectivity index (χ3n) is 16.8. The molecule has 5 aliphatic carbocycles. The predicted molar refractivity (Wildman–Crippen MR) is 281 cm³/mol. The minimum atomic E-state index is -0.495. The molecule has 15 rings (SSSR count). The number of hydrogen-bond donors (Lipinski definition) is 0. The Balaban J connectivity index is 0.915. The molecule has 9 aromatic carbocycles. The van der Waals surface area contributed by atoms with Crippen molar-refractivity contribution in [3.63, 3.8) is 0 Å². The van der Waals surface area contributed by atoms with Gasteiger partial charge in [0.15, 0.2) is 17.5 Å². The van der Waals surface area contributed by atoms with E-state index in [0.29, 0.717) is 29.3 Å². The molecule has 3 heteroatoms. The Morgan fingerprint density at radius 1 is 0.290 bits per heavy atom. The molecule has 330 valence electrons. The van der Waals surface area contributed by atoms with Gasteiger partial charge in [-0.05, 0) is 140 Å². The monoisotopic (exact) mass is 885 g/mol. The fourth-order valence-corrected chi connectivity index (χ4v) is 14.2. The smallest absolute Gasteiger partial charge is 0.164 e. The molecule has 1 heterocycles. The molecular weight excluding hydrogens is 835 g/mol. The molecule has 0 saturated heterocycles. The number of benzene rings is 9. The first kappa shape index (κ1) is 40.3. The van der Waals surface area contributed by atoms with E-state index in [0.717, 1.165) is 33.9 Å². The molecule has 4 bridgehead atoms. The molecule has 1 spiro atoms. The highest BCUT2D eigenvalue weighted by Gasteiger charge is 2.63. The van der Waals surface area contributed by atoms with Crippen molar-refractivity contribution in [3.05, 3.63) is 258 Å². The molecule has 4 saturated carbocycles. The highest BCUT2D eigenvalue weighted by molar-refractivity contribution is 5.90. The van der Waals surface area contributed by atoms with Crippen LogP contribution in [0, 0.1) is 23.7 Å². The van der Waals surface area contributed by atoms with E-state index in [1.54, 1.807) is 11.1 Å². The molecule has 0 N–H and O–H groups in total. The number of fused-ring (bicyclic) bond motifs is 3. The van der Waals surface area contributed by atoms with E-state index in [2.05, 4.69) is 206 Å². The average Bonchev–Trinajstić information content (AvgIpc) is 3.42. The van der Waals surface area contributed by atoms with Crippen LogP contribution in [-0.2, 0) is 10.8 Å². The normalized spacial score (nSPS) is 21.5. The quantitative estimate of drug-likeness (QED) is 0.160. The first-order valence-electron chi connectivity index (χ1n) is 25.0. The summed E-state index contributed by atoms with van der Waals surface area (Å²) in [5.74, 6) is 5.00. The summed E-state index contributed by atoms with van der Waals surface area (Å²) in [6, 6.07) is 82.9. The van der Waals surface area contributed by atoms with Crippen molar-refractivity contribution >= 4 is 10.8 Å². The minimum Gasteiger partial charge on any atom is -0.208 e. The van der Waals surface area contributed by atoms with Gasteiger partial charge in [0, 0.05) is 22.1 Å². The Kier molecular flexibility index (Phi) is 9.31. The van der Waals surface area contributed by atoms with Gasteiger partial charge in [-0.3, -0.25) is 0 Å². The molecule has 3 nitrogen and oxygen atoms in total. The number of hydrogen-bond acceptors (Lipinski definition) is 3. The van der Waals surface area contributed by atoms with Crippen LogP contribution < -0.4 is 0 Å². The maximum Gasteiger partial charge on any atom is 0.164 e. The zero-order valence-corrected chi connectivity index (χ0v) is 38.5. The van der Waals surface area contributed by atoms with Gasteiger partial charge in [-0.1, -0.05) is 206 Å². The van der Waals surface area contributed by atoms with Crippen LogP contribution in [0.1, 0.15) is 65.5 Å². The van der Waals surface area contributed by atoms with Crippen LogP contribution in [0.2, 0.25) is 0 Å². The molecule has 0 atom stereocenters. The molecule has 5 aliphatic rings. The number of nitrogens with zero attached hydrogens (tertiary/aromatic N) is 3. The lowest BCUT2D eigenvalue weighted by atomic mass is 9.38. The van der Waals surface area contributed by atoms with Crippen LogP contribution >= 0.6 is 0 Å². The zero-order valence-electron chi connectivity index (χ0n) is 38.5. The van der Waals surface area contributed by atoms with Crippen molar-refractivity contribution in [2.45, 2.75) is 42.9 Å². The Bertz CT molecular complexity index is 3480. The van der Waals surface area contributed by atoms with Crippen molar-refractivity contribution in [3.8, 4) is 56.4 Å². The summed E-state index contributed by atoms with van der Waals surface area (Å²) in [4.78, 5) is 15.5. The maximum atomic E-state index is 5.22. The van der Waals surface area contributed by atoms with E-state index in [9.17, 15) is 0 Å². The van der Waals surface area contributed by atoms with Gasteiger partial charge in [-0.15, -0.1) is 0 Å². The Morgan fingerprint density at radius 3 is 1.30 bits per heavy atom. The SMILES string of the molecule is c1ccc(-c2ccc3ccc(-c4nc(-c5ccccc5)nc(-c5ccc(-c6ccc7c(c6)C(c6ccccc6)(c6ccccc6)c6ccccc6C76C7CC8CC(C7)CC6C8)cc5)n4)cc3c2)cc1. The summed E-state index contributed by atoms with van der Waals surface area (Å²) in [6.45, 7) is 0. The van der Waals surface area contributed by atoms with Gasteiger partial charge in [0.05, 0.1) is 5.41 Å².